The van der Waals surface area contributed by atoms with E-state index in [2.05, 4.69) is 10.3 Å². The standard InChI is InChI=1S/C24H25N3O3S/c1-3-30-16-20-11-9-19(10-12-20)15-25-23(29)14-13-21-17-31-24(26-21)27(18(2)28)22-7-5-4-6-8-22/h4-14,17H,3,15-16H2,1-2H3,(H,25,29)/b14-13+. The van der Waals surface area contributed by atoms with E-state index < -0.39 is 0 Å². The van der Waals surface area contributed by atoms with Crippen LogP contribution in [0, 0.1) is 0 Å². The molecule has 1 heterocycles. The zero-order chi connectivity index (χ0) is 22.1. The van der Waals surface area contributed by atoms with Gasteiger partial charge in [-0.3, -0.25) is 14.5 Å². The lowest BCUT2D eigenvalue weighted by molar-refractivity contribution is -0.117. The van der Waals surface area contributed by atoms with Gasteiger partial charge in [0.25, 0.3) is 0 Å². The Bertz CT molecular complexity index is 1030. The quantitative estimate of drug-likeness (QED) is 0.495. The fourth-order valence-corrected chi connectivity index (χ4v) is 3.70. The Labute approximate surface area is 186 Å². The lowest BCUT2D eigenvalue weighted by Crippen LogP contribution is -2.22. The second-order valence-electron chi connectivity index (χ2n) is 6.75. The number of thiazole rings is 1. The van der Waals surface area contributed by atoms with Crippen LogP contribution in [0.25, 0.3) is 6.08 Å². The molecule has 6 nitrogen and oxygen atoms in total. The highest BCUT2D eigenvalue weighted by Gasteiger charge is 2.17. The van der Waals surface area contributed by atoms with Crippen molar-refractivity contribution in [1.29, 1.82) is 0 Å². The molecule has 0 aliphatic heterocycles. The van der Waals surface area contributed by atoms with Gasteiger partial charge in [-0.15, -0.1) is 11.3 Å². The maximum atomic E-state index is 12.2. The SMILES string of the molecule is CCOCc1ccc(CNC(=O)/C=C/c2csc(N(C(C)=O)c3ccccc3)n2)cc1. The third kappa shape index (κ3) is 6.60. The number of hydrogen-bond acceptors (Lipinski definition) is 5. The number of carbonyl (C=O) groups excluding carboxylic acids is 2. The molecule has 0 unspecified atom stereocenters. The zero-order valence-electron chi connectivity index (χ0n) is 17.6. The average molecular weight is 436 g/mol. The summed E-state index contributed by atoms with van der Waals surface area (Å²) in [4.78, 5) is 30.3. The smallest absolute Gasteiger partial charge is 0.244 e. The van der Waals surface area contributed by atoms with Crippen molar-refractivity contribution in [2.45, 2.75) is 27.0 Å². The molecular weight excluding hydrogens is 410 g/mol. The monoisotopic (exact) mass is 435 g/mol. The Hall–Kier alpha value is -3.29. The van der Waals surface area contributed by atoms with Gasteiger partial charge in [-0.1, -0.05) is 42.5 Å². The van der Waals surface area contributed by atoms with Crippen LogP contribution in [0.2, 0.25) is 0 Å². The van der Waals surface area contributed by atoms with Gasteiger partial charge in [0.15, 0.2) is 5.13 Å². The van der Waals surface area contributed by atoms with Crippen LogP contribution in [0.5, 0.6) is 0 Å². The van der Waals surface area contributed by atoms with E-state index in [0.29, 0.717) is 30.6 Å². The molecule has 0 aliphatic carbocycles. The summed E-state index contributed by atoms with van der Waals surface area (Å²) < 4.78 is 5.38. The van der Waals surface area contributed by atoms with E-state index in [1.165, 1.54) is 24.3 Å². The minimum Gasteiger partial charge on any atom is -0.377 e. The van der Waals surface area contributed by atoms with E-state index in [4.69, 9.17) is 4.74 Å². The van der Waals surface area contributed by atoms with Gasteiger partial charge in [0.05, 0.1) is 18.0 Å². The lowest BCUT2D eigenvalue weighted by Gasteiger charge is -2.17. The molecule has 0 radical (unpaired) electrons. The maximum Gasteiger partial charge on any atom is 0.244 e. The second kappa shape index (κ2) is 11.2. The van der Waals surface area contributed by atoms with Crippen molar-refractivity contribution in [2.75, 3.05) is 11.5 Å². The molecule has 3 rings (SSSR count). The number of para-hydroxylation sites is 1. The summed E-state index contributed by atoms with van der Waals surface area (Å²) in [5, 5.41) is 5.24. The van der Waals surface area contributed by atoms with Gasteiger partial charge < -0.3 is 10.1 Å². The van der Waals surface area contributed by atoms with Gasteiger partial charge in [0, 0.05) is 31.5 Å². The number of ether oxygens (including phenoxy) is 1. The summed E-state index contributed by atoms with van der Waals surface area (Å²) in [6.07, 6.45) is 3.09. The number of amides is 2. The van der Waals surface area contributed by atoms with Crippen molar-refractivity contribution in [3.63, 3.8) is 0 Å². The fourth-order valence-electron chi connectivity index (χ4n) is 2.84. The van der Waals surface area contributed by atoms with Crippen molar-refractivity contribution in [1.82, 2.24) is 10.3 Å². The van der Waals surface area contributed by atoms with E-state index in [-0.39, 0.29) is 11.8 Å². The van der Waals surface area contributed by atoms with E-state index >= 15 is 0 Å². The molecule has 1 aromatic heterocycles. The number of nitrogens with one attached hydrogen (secondary N) is 1. The van der Waals surface area contributed by atoms with Gasteiger partial charge >= 0.3 is 0 Å². The molecule has 160 valence electrons. The van der Waals surface area contributed by atoms with Crippen molar-refractivity contribution >= 4 is 40.0 Å². The number of rotatable bonds is 9. The highest BCUT2D eigenvalue weighted by molar-refractivity contribution is 7.14. The van der Waals surface area contributed by atoms with Gasteiger partial charge in [-0.25, -0.2) is 4.98 Å². The lowest BCUT2D eigenvalue weighted by atomic mass is 10.1. The molecule has 0 bridgehead atoms. The number of anilines is 2. The first kappa shape index (κ1) is 22.4. The summed E-state index contributed by atoms with van der Waals surface area (Å²) in [5.74, 6) is -0.333. The van der Waals surface area contributed by atoms with Crippen LogP contribution in [0.1, 0.15) is 30.7 Å². The van der Waals surface area contributed by atoms with E-state index in [0.717, 1.165) is 16.8 Å². The van der Waals surface area contributed by atoms with Crippen LogP contribution in [0.4, 0.5) is 10.8 Å². The summed E-state index contributed by atoms with van der Waals surface area (Å²) >= 11 is 1.35. The summed E-state index contributed by atoms with van der Waals surface area (Å²) in [6.45, 7) is 5.18. The highest BCUT2D eigenvalue weighted by atomic mass is 32.1. The van der Waals surface area contributed by atoms with Gasteiger partial charge in [0.1, 0.15) is 0 Å². The van der Waals surface area contributed by atoms with Gasteiger partial charge in [-0.05, 0) is 36.3 Å². The van der Waals surface area contributed by atoms with Crippen LogP contribution < -0.4 is 10.2 Å². The normalized spacial score (nSPS) is 10.9. The first-order chi connectivity index (χ1) is 15.1. The molecule has 2 amide bonds. The Kier molecular flexibility index (Phi) is 8.09. The molecule has 2 aromatic carbocycles. The van der Waals surface area contributed by atoms with Crippen LogP contribution in [0.15, 0.2) is 66.1 Å². The third-order valence-electron chi connectivity index (χ3n) is 4.40. The number of benzene rings is 2. The van der Waals surface area contributed by atoms with Crippen LogP contribution in [0.3, 0.4) is 0 Å². The molecule has 1 N–H and O–H groups in total. The highest BCUT2D eigenvalue weighted by Crippen LogP contribution is 2.28. The minimum atomic E-state index is -0.209. The molecule has 7 heteroatoms. The molecule has 0 saturated heterocycles. The Morgan fingerprint density at radius 1 is 1.10 bits per heavy atom. The number of nitrogens with zero attached hydrogens (tertiary/aromatic N) is 2. The minimum absolute atomic E-state index is 0.124. The van der Waals surface area contributed by atoms with Crippen LogP contribution in [-0.4, -0.2) is 23.4 Å². The van der Waals surface area contributed by atoms with Gasteiger partial charge in [0.2, 0.25) is 11.8 Å². The zero-order valence-corrected chi connectivity index (χ0v) is 18.4. The fraction of sp³-hybridized carbons (Fsp3) is 0.208. The van der Waals surface area contributed by atoms with Crippen molar-refractivity contribution in [3.05, 3.63) is 82.9 Å². The predicted octanol–water partition coefficient (Wildman–Crippen LogP) is 4.69. The molecule has 31 heavy (non-hydrogen) atoms. The molecule has 0 fully saturated rings. The summed E-state index contributed by atoms with van der Waals surface area (Å²) in [5.41, 5.74) is 3.49. The molecule has 0 saturated carbocycles. The maximum absolute atomic E-state index is 12.2. The number of aromatic nitrogens is 1. The summed E-state index contributed by atoms with van der Waals surface area (Å²) in [7, 11) is 0. The predicted molar refractivity (Wildman–Crippen MR) is 124 cm³/mol. The molecule has 0 atom stereocenters. The topological polar surface area (TPSA) is 71.5 Å². The Balaban J connectivity index is 1.56. The first-order valence-electron chi connectivity index (χ1n) is 9.99. The number of carbonyl (C=O) groups is 2. The average Bonchev–Trinajstić information content (AvgIpc) is 3.24. The number of hydrogen-bond donors (Lipinski definition) is 1. The Morgan fingerprint density at radius 2 is 1.81 bits per heavy atom. The van der Waals surface area contributed by atoms with Crippen molar-refractivity contribution in [3.8, 4) is 0 Å². The van der Waals surface area contributed by atoms with Crippen molar-refractivity contribution in [2.24, 2.45) is 0 Å². The molecular formula is C24H25N3O3S. The largest absolute Gasteiger partial charge is 0.377 e. The second-order valence-corrected chi connectivity index (χ2v) is 7.59. The van der Waals surface area contributed by atoms with Crippen LogP contribution >= 0.6 is 11.3 Å². The van der Waals surface area contributed by atoms with E-state index in [9.17, 15) is 9.59 Å². The molecule has 0 aliphatic rings. The summed E-state index contributed by atoms with van der Waals surface area (Å²) in [6, 6.07) is 17.3. The third-order valence-corrected chi connectivity index (χ3v) is 5.24. The molecule has 0 spiro atoms. The van der Waals surface area contributed by atoms with E-state index in [1.807, 2.05) is 66.9 Å². The van der Waals surface area contributed by atoms with Gasteiger partial charge in [-0.2, -0.15) is 0 Å². The van der Waals surface area contributed by atoms with Crippen LogP contribution in [-0.2, 0) is 27.5 Å². The van der Waals surface area contributed by atoms with E-state index in [1.54, 1.807) is 11.0 Å². The molecule has 3 aromatic rings. The Morgan fingerprint density at radius 3 is 2.48 bits per heavy atom. The first-order valence-corrected chi connectivity index (χ1v) is 10.9. The van der Waals surface area contributed by atoms with Crippen molar-refractivity contribution < 1.29 is 14.3 Å².